The lowest BCUT2D eigenvalue weighted by Gasteiger charge is -2.27. The molecular formula is C11H16N2O. The van der Waals surface area contributed by atoms with E-state index in [1.165, 1.54) is 5.57 Å². The fraction of sp³-hybridized carbons (Fsp3) is 0.455. The Morgan fingerprint density at radius 1 is 1.50 bits per heavy atom. The van der Waals surface area contributed by atoms with Crippen LogP contribution in [-0.2, 0) is 0 Å². The molecule has 0 aromatic carbocycles. The molecule has 76 valence electrons. The summed E-state index contributed by atoms with van der Waals surface area (Å²) in [5.41, 5.74) is 7.76. The minimum atomic E-state index is 0.114. The van der Waals surface area contributed by atoms with Gasteiger partial charge < -0.3 is 15.7 Å². The van der Waals surface area contributed by atoms with E-state index in [1.54, 1.807) is 0 Å². The van der Waals surface area contributed by atoms with Crippen molar-refractivity contribution in [2.45, 2.75) is 6.04 Å². The summed E-state index contributed by atoms with van der Waals surface area (Å²) in [6.07, 6.45) is 8.53. The third kappa shape index (κ3) is 1.38. The van der Waals surface area contributed by atoms with Crippen molar-refractivity contribution < 1.29 is 5.11 Å². The fourth-order valence-electron chi connectivity index (χ4n) is 2.12. The van der Waals surface area contributed by atoms with E-state index in [1.807, 2.05) is 7.05 Å². The second kappa shape index (κ2) is 3.59. The van der Waals surface area contributed by atoms with E-state index < -0.39 is 0 Å². The van der Waals surface area contributed by atoms with Gasteiger partial charge in [-0.15, -0.1) is 0 Å². The van der Waals surface area contributed by atoms with Crippen LogP contribution in [0.3, 0.4) is 0 Å². The molecule has 2 unspecified atom stereocenters. The zero-order valence-corrected chi connectivity index (χ0v) is 8.35. The maximum Gasteiger partial charge on any atom is 0.0826 e. The molecule has 3 heteroatoms. The Kier molecular flexibility index (Phi) is 2.44. The van der Waals surface area contributed by atoms with Gasteiger partial charge in [-0.25, -0.2) is 0 Å². The molecule has 1 aliphatic heterocycles. The third-order valence-electron chi connectivity index (χ3n) is 2.99. The van der Waals surface area contributed by atoms with Crippen LogP contribution in [0.2, 0.25) is 0 Å². The van der Waals surface area contributed by atoms with Gasteiger partial charge in [-0.05, 0) is 5.57 Å². The molecule has 0 spiro atoms. The summed E-state index contributed by atoms with van der Waals surface area (Å²) in [6.45, 7) is 0.703. The summed E-state index contributed by atoms with van der Waals surface area (Å²) >= 11 is 0. The van der Waals surface area contributed by atoms with E-state index >= 15 is 0 Å². The van der Waals surface area contributed by atoms with Crippen molar-refractivity contribution >= 4 is 0 Å². The smallest absolute Gasteiger partial charge is 0.0826 e. The van der Waals surface area contributed by atoms with Gasteiger partial charge in [0.1, 0.15) is 0 Å². The Morgan fingerprint density at radius 3 is 2.93 bits per heavy atom. The molecule has 0 radical (unpaired) electrons. The van der Waals surface area contributed by atoms with Gasteiger partial charge in [0.15, 0.2) is 0 Å². The van der Waals surface area contributed by atoms with Crippen LogP contribution in [0.5, 0.6) is 0 Å². The molecule has 1 heterocycles. The van der Waals surface area contributed by atoms with E-state index in [-0.39, 0.29) is 6.61 Å². The van der Waals surface area contributed by atoms with Crippen molar-refractivity contribution in [1.29, 1.82) is 0 Å². The zero-order chi connectivity index (χ0) is 10.1. The van der Waals surface area contributed by atoms with Crippen molar-refractivity contribution in [2.75, 3.05) is 20.2 Å². The van der Waals surface area contributed by atoms with Crippen molar-refractivity contribution in [1.82, 2.24) is 4.90 Å². The lowest BCUT2D eigenvalue weighted by Crippen LogP contribution is -2.30. The molecule has 0 saturated carbocycles. The summed E-state index contributed by atoms with van der Waals surface area (Å²) in [4.78, 5) is 2.12. The van der Waals surface area contributed by atoms with Crippen molar-refractivity contribution in [2.24, 2.45) is 11.7 Å². The first kappa shape index (κ1) is 9.49. The van der Waals surface area contributed by atoms with Gasteiger partial charge in [0.05, 0.1) is 12.6 Å². The van der Waals surface area contributed by atoms with Gasteiger partial charge in [-0.3, -0.25) is 0 Å². The molecule has 0 aromatic heterocycles. The average Bonchev–Trinajstić information content (AvgIpc) is 2.55. The molecule has 3 N–H and O–H groups in total. The Hall–Kier alpha value is -1.06. The molecular weight excluding hydrogens is 176 g/mol. The third-order valence-corrected chi connectivity index (χ3v) is 2.99. The van der Waals surface area contributed by atoms with Gasteiger partial charge in [-0.1, -0.05) is 24.3 Å². The predicted molar refractivity (Wildman–Crippen MR) is 56.5 cm³/mol. The number of hydrogen-bond donors (Lipinski definition) is 2. The highest BCUT2D eigenvalue weighted by Gasteiger charge is 2.29. The highest BCUT2D eigenvalue weighted by atomic mass is 16.3. The van der Waals surface area contributed by atoms with Crippen molar-refractivity contribution in [3.8, 4) is 0 Å². The topological polar surface area (TPSA) is 49.5 Å². The van der Waals surface area contributed by atoms with Crippen LogP contribution < -0.4 is 5.73 Å². The number of nitrogens with zero attached hydrogens (tertiary/aromatic N) is 1. The van der Waals surface area contributed by atoms with Crippen LogP contribution >= 0.6 is 0 Å². The minimum Gasteiger partial charge on any atom is -0.390 e. The second-order valence-electron chi connectivity index (χ2n) is 3.80. The first-order valence-corrected chi connectivity index (χ1v) is 4.89. The Balaban J connectivity index is 2.23. The van der Waals surface area contributed by atoms with Crippen molar-refractivity contribution in [3.05, 3.63) is 35.6 Å². The fourth-order valence-corrected chi connectivity index (χ4v) is 2.12. The van der Waals surface area contributed by atoms with Gasteiger partial charge in [0, 0.05) is 25.2 Å². The van der Waals surface area contributed by atoms with Crippen LogP contribution in [0.25, 0.3) is 0 Å². The molecule has 1 aliphatic carbocycles. The number of aliphatic hydroxyl groups is 1. The van der Waals surface area contributed by atoms with E-state index in [9.17, 15) is 0 Å². The van der Waals surface area contributed by atoms with Gasteiger partial charge >= 0.3 is 0 Å². The number of hydrogen-bond acceptors (Lipinski definition) is 3. The number of aliphatic hydroxyl groups excluding tert-OH is 1. The maximum absolute atomic E-state index is 9.13. The van der Waals surface area contributed by atoms with Gasteiger partial charge in [0.2, 0.25) is 0 Å². The number of fused-ring (bicyclic) bond motifs is 1. The number of nitrogens with two attached hydrogens (primary N) is 1. The van der Waals surface area contributed by atoms with Crippen LogP contribution in [0, 0.1) is 5.92 Å². The Labute approximate surface area is 84.2 Å². The highest BCUT2D eigenvalue weighted by molar-refractivity contribution is 5.35. The molecule has 0 aromatic rings. The minimum absolute atomic E-state index is 0.114. The normalized spacial score (nSPS) is 30.1. The molecule has 2 atom stereocenters. The Bertz CT molecular complexity index is 317. The largest absolute Gasteiger partial charge is 0.390 e. The predicted octanol–water partition coefficient (Wildman–Crippen LogP) is 0.248. The Morgan fingerprint density at radius 2 is 2.29 bits per heavy atom. The molecule has 3 nitrogen and oxygen atoms in total. The molecule has 0 fully saturated rings. The number of rotatable bonds is 2. The van der Waals surface area contributed by atoms with E-state index in [4.69, 9.17) is 10.8 Å². The van der Waals surface area contributed by atoms with Gasteiger partial charge in [0.25, 0.3) is 0 Å². The average molecular weight is 192 g/mol. The molecule has 2 aliphatic rings. The lowest BCUT2D eigenvalue weighted by molar-refractivity contribution is 0.264. The molecule has 0 saturated heterocycles. The van der Waals surface area contributed by atoms with Crippen LogP contribution in [0.4, 0.5) is 0 Å². The summed E-state index contributed by atoms with van der Waals surface area (Å²) in [6, 6.07) is 0.368. The van der Waals surface area contributed by atoms with E-state index in [0.717, 1.165) is 5.70 Å². The summed E-state index contributed by atoms with van der Waals surface area (Å²) in [5, 5.41) is 9.13. The molecule has 14 heavy (non-hydrogen) atoms. The van der Waals surface area contributed by atoms with E-state index in [0.29, 0.717) is 18.5 Å². The molecule has 0 bridgehead atoms. The number of likely N-dealkylation sites (N-methyl/N-ethyl adjacent to an activating group) is 1. The first-order valence-electron chi connectivity index (χ1n) is 4.89. The van der Waals surface area contributed by atoms with E-state index in [2.05, 4.69) is 29.2 Å². The second-order valence-corrected chi connectivity index (χ2v) is 3.80. The summed E-state index contributed by atoms with van der Waals surface area (Å²) in [7, 11) is 2.01. The monoisotopic (exact) mass is 192 g/mol. The highest BCUT2D eigenvalue weighted by Crippen LogP contribution is 2.31. The first-order chi connectivity index (χ1) is 6.76. The standard InChI is InChI=1S/C11H16N2O/c1-13-10(7-14)5-9-4-8(6-12)2-3-11(9)13/h2-5,9,11,14H,6-7,12H2,1H3. The quantitative estimate of drug-likeness (QED) is 0.659. The van der Waals surface area contributed by atoms with Crippen LogP contribution in [0.15, 0.2) is 35.6 Å². The lowest BCUT2D eigenvalue weighted by atomic mass is 9.93. The summed E-state index contributed by atoms with van der Waals surface area (Å²) in [5.74, 6) is 0.380. The summed E-state index contributed by atoms with van der Waals surface area (Å²) < 4.78 is 0. The van der Waals surface area contributed by atoms with Crippen LogP contribution in [0.1, 0.15) is 0 Å². The maximum atomic E-state index is 9.13. The zero-order valence-electron chi connectivity index (χ0n) is 8.35. The van der Waals surface area contributed by atoms with Crippen molar-refractivity contribution in [3.63, 3.8) is 0 Å². The molecule has 0 amide bonds. The molecule has 2 rings (SSSR count). The SMILES string of the molecule is CN1C(CO)=CC2C=C(CN)C=CC21. The van der Waals surface area contributed by atoms with Gasteiger partial charge in [-0.2, -0.15) is 0 Å². The van der Waals surface area contributed by atoms with Crippen LogP contribution in [-0.4, -0.2) is 36.2 Å².